The van der Waals surface area contributed by atoms with Crippen LogP contribution in [0.1, 0.15) is 12.5 Å². The Bertz CT molecular complexity index is 683. The van der Waals surface area contributed by atoms with E-state index in [2.05, 4.69) is 15.0 Å². The lowest BCUT2D eigenvalue weighted by molar-refractivity contribution is 0.271. The van der Waals surface area contributed by atoms with E-state index in [1.165, 1.54) is 0 Å². The van der Waals surface area contributed by atoms with Crippen LogP contribution in [0.2, 0.25) is 0 Å². The van der Waals surface area contributed by atoms with Crippen LogP contribution in [0.15, 0.2) is 47.7 Å². The molecular formula is C18H22N4O2. The normalized spacial score (nSPS) is 15.0. The van der Waals surface area contributed by atoms with Gasteiger partial charge in [0.1, 0.15) is 5.82 Å². The number of ether oxygens (including phenoxy) is 1. The van der Waals surface area contributed by atoms with Crippen LogP contribution in [-0.4, -0.2) is 54.1 Å². The highest BCUT2D eigenvalue weighted by Gasteiger charge is 2.16. The molecule has 3 rings (SSSR count). The fourth-order valence-electron chi connectivity index (χ4n) is 2.64. The molecule has 1 aromatic heterocycles. The van der Waals surface area contributed by atoms with Gasteiger partial charge in [-0.3, -0.25) is 5.01 Å². The number of hydrazone groups is 1. The number of piperazine rings is 1. The molecule has 1 aliphatic heterocycles. The minimum Gasteiger partial charge on any atom is -0.504 e. The fourth-order valence-corrected chi connectivity index (χ4v) is 2.64. The third-order valence-corrected chi connectivity index (χ3v) is 3.92. The summed E-state index contributed by atoms with van der Waals surface area (Å²) in [6.45, 7) is 5.79. The van der Waals surface area contributed by atoms with Gasteiger partial charge in [-0.25, -0.2) is 4.98 Å². The number of aromatic nitrogens is 1. The Hall–Kier alpha value is -2.76. The average molecular weight is 326 g/mol. The highest BCUT2D eigenvalue weighted by molar-refractivity contribution is 5.84. The van der Waals surface area contributed by atoms with Gasteiger partial charge in [0.2, 0.25) is 0 Å². The van der Waals surface area contributed by atoms with Gasteiger partial charge in [-0.1, -0.05) is 12.1 Å². The number of phenols is 1. The zero-order valence-corrected chi connectivity index (χ0v) is 13.8. The SMILES string of the molecule is CCOc1cccc(C=NN2CCN(c3ccccn3)CC2)c1O. The maximum absolute atomic E-state index is 10.2. The second kappa shape index (κ2) is 7.68. The van der Waals surface area contributed by atoms with E-state index in [4.69, 9.17) is 4.74 Å². The molecule has 1 saturated heterocycles. The summed E-state index contributed by atoms with van der Waals surface area (Å²) in [7, 11) is 0. The first kappa shape index (κ1) is 16.1. The zero-order chi connectivity index (χ0) is 16.8. The summed E-state index contributed by atoms with van der Waals surface area (Å²) in [5.41, 5.74) is 0.660. The second-order valence-corrected chi connectivity index (χ2v) is 5.50. The van der Waals surface area contributed by atoms with Crippen LogP contribution >= 0.6 is 0 Å². The third kappa shape index (κ3) is 3.76. The molecule has 6 heteroatoms. The highest BCUT2D eigenvalue weighted by Crippen LogP contribution is 2.28. The van der Waals surface area contributed by atoms with Crippen LogP contribution < -0.4 is 9.64 Å². The number of para-hydroxylation sites is 1. The number of phenolic OH excluding ortho intramolecular Hbond substituents is 1. The van der Waals surface area contributed by atoms with Crippen LogP contribution in [0.3, 0.4) is 0 Å². The summed E-state index contributed by atoms with van der Waals surface area (Å²) in [5.74, 6) is 1.62. The summed E-state index contributed by atoms with van der Waals surface area (Å²) >= 11 is 0. The number of pyridine rings is 1. The van der Waals surface area contributed by atoms with E-state index in [9.17, 15) is 5.11 Å². The Morgan fingerprint density at radius 2 is 2.00 bits per heavy atom. The fraction of sp³-hybridized carbons (Fsp3) is 0.333. The number of hydrogen-bond acceptors (Lipinski definition) is 6. The zero-order valence-electron chi connectivity index (χ0n) is 13.8. The van der Waals surface area contributed by atoms with Crippen LogP contribution in [-0.2, 0) is 0 Å². The molecule has 0 radical (unpaired) electrons. The quantitative estimate of drug-likeness (QED) is 0.855. The van der Waals surface area contributed by atoms with Crippen molar-refractivity contribution in [2.45, 2.75) is 6.92 Å². The summed E-state index contributed by atoms with van der Waals surface area (Å²) < 4.78 is 5.39. The molecule has 126 valence electrons. The Balaban J connectivity index is 1.60. The molecule has 6 nitrogen and oxygen atoms in total. The van der Waals surface area contributed by atoms with Crippen molar-refractivity contribution in [2.24, 2.45) is 5.10 Å². The van der Waals surface area contributed by atoms with Crippen LogP contribution in [0.25, 0.3) is 0 Å². The van der Waals surface area contributed by atoms with Crippen molar-refractivity contribution in [3.05, 3.63) is 48.2 Å². The van der Waals surface area contributed by atoms with Crippen molar-refractivity contribution >= 4 is 12.0 Å². The molecule has 24 heavy (non-hydrogen) atoms. The predicted octanol–water partition coefficient (Wildman–Crippen LogP) is 2.34. The van der Waals surface area contributed by atoms with E-state index in [0.29, 0.717) is 17.9 Å². The van der Waals surface area contributed by atoms with Gasteiger partial charge in [0, 0.05) is 24.8 Å². The van der Waals surface area contributed by atoms with Gasteiger partial charge in [-0.05, 0) is 31.2 Å². The van der Waals surface area contributed by atoms with Crippen LogP contribution in [0.4, 0.5) is 5.82 Å². The number of anilines is 1. The topological polar surface area (TPSA) is 61.2 Å². The second-order valence-electron chi connectivity index (χ2n) is 5.50. The summed E-state index contributed by atoms with van der Waals surface area (Å²) in [6.07, 6.45) is 3.50. The van der Waals surface area contributed by atoms with Gasteiger partial charge >= 0.3 is 0 Å². The maximum Gasteiger partial charge on any atom is 0.166 e. The Morgan fingerprint density at radius 1 is 1.17 bits per heavy atom. The van der Waals surface area contributed by atoms with E-state index in [1.807, 2.05) is 48.5 Å². The molecule has 2 heterocycles. The summed E-state index contributed by atoms with van der Waals surface area (Å²) in [6, 6.07) is 11.4. The lowest BCUT2D eigenvalue weighted by Gasteiger charge is -2.33. The van der Waals surface area contributed by atoms with Crippen LogP contribution in [0.5, 0.6) is 11.5 Å². The molecule has 1 fully saturated rings. The van der Waals surface area contributed by atoms with Gasteiger partial charge in [-0.2, -0.15) is 5.10 Å². The first-order valence-electron chi connectivity index (χ1n) is 8.17. The Labute approximate surface area is 142 Å². The van der Waals surface area contributed by atoms with Crippen molar-refractivity contribution < 1.29 is 9.84 Å². The van der Waals surface area contributed by atoms with E-state index in [-0.39, 0.29) is 5.75 Å². The van der Waals surface area contributed by atoms with Gasteiger partial charge in [0.25, 0.3) is 0 Å². The largest absolute Gasteiger partial charge is 0.504 e. The molecule has 0 atom stereocenters. The van der Waals surface area contributed by atoms with E-state index >= 15 is 0 Å². The molecule has 1 N–H and O–H groups in total. The number of rotatable bonds is 5. The number of nitrogens with zero attached hydrogens (tertiary/aromatic N) is 4. The Kier molecular flexibility index (Phi) is 5.15. The van der Waals surface area contributed by atoms with Crippen LogP contribution in [0, 0.1) is 0 Å². The minimum absolute atomic E-state index is 0.134. The van der Waals surface area contributed by atoms with E-state index in [0.717, 1.165) is 32.0 Å². The average Bonchev–Trinajstić information content (AvgIpc) is 2.64. The van der Waals surface area contributed by atoms with Gasteiger partial charge in [0.05, 0.1) is 25.9 Å². The van der Waals surface area contributed by atoms with Gasteiger partial charge in [-0.15, -0.1) is 0 Å². The van der Waals surface area contributed by atoms with Gasteiger partial charge in [0.15, 0.2) is 11.5 Å². The number of hydrogen-bond donors (Lipinski definition) is 1. The van der Waals surface area contributed by atoms with Crippen molar-refractivity contribution in [2.75, 3.05) is 37.7 Å². The predicted molar refractivity (Wildman–Crippen MR) is 94.9 cm³/mol. The van der Waals surface area contributed by atoms with Gasteiger partial charge < -0.3 is 14.7 Å². The molecule has 0 spiro atoms. The maximum atomic E-state index is 10.2. The standard InChI is InChI=1S/C18H22N4O2/c1-2-24-16-7-5-6-15(18(16)23)14-20-22-12-10-21(11-13-22)17-8-3-4-9-19-17/h3-9,14,23H,2,10-13H2,1H3. The molecule has 0 unspecified atom stereocenters. The highest BCUT2D eigenvalue weighted by atomic mass is 16.5. The number of benzene rings is 1. The molecule has 0 bridgehead atoms. The first-order valence-corrected chi connectivity index (χ1v) is 8.17. The number of aromatic hydroxyl groups is 1. The van der Waals surface area contributed by atoms with Crippen molar-refractivity contribution in [3.63, 3.8) is 0 Å². The lowest BCUT2D eigenvalue weighted by Crippen LogP contribution is -2.44. The third-order valence-electron chi connectivity index (χ3n) is 3.92. The first-order chi connectivity index (χ1) is 11.8. The van der Waals surface area contributed by atoms with Crippen molar-refractivity contribution in [1.82, 2.24) is 9.99 Å². The summed E-state index contributed by atoms with van der Waals surface area (Å²) in [4.78, 5) is 6.63. The minimum atomic E-state index is 0.134. The van der Waals surface area contributed by atoms with E-state index in [1.54, 1.807) is 12.3 Å². The van der Waals surface area contributed by atoms with Crippen molar-refractivity contribution in [3.8, 4) is 11.5 Å². The molecular weight excluding hydrogens is 304 g/mol. The van der Waals surface area contributed by atoms with Crippen molar-refractivity contribution in [1.29, 1.82) is 0 Å². The Morgan fingerprint density at radius 3 is 2.71 bits per heavy atom. The monoisotopic (exact) mass is 326 g/mol. The molecule has 0 saturated carbocycles. The van der Waals surface area contributed by atoms with E-state index < -0.39 is 0 Å². The molecule has 0 amide bonds. The molecule has 1 aromatic carbocycles. The molecule has 0 aliphatic carbocycles. The molecule has 2 aromatic rings. The lowest BCUT2D eigenvalue weighted by atomic mass is 10.2. The summed E-state index contributed by atoms with van der Waals surface area (Å²) in [5, 5.41) is 16.7. The smallest absolute Gasteiger partial charge is 0.166 e. The molecule has 1 aliphatic rings.